The van der Waals surface area contributed by atoms with Crippen molar-refractivity contribution in [3.05, 3.63) is 36.5 Å². The molecule has 0 heterocycles. The Morgan fingerprint density at radius 1 is 0.615 bits per heavy atom. The summed E-state index contributed by atoms with van der Waals surface area (Å²) >= 11 is 0. The zero-order chi connectivity index (χ0) is 38.2. The molecule has 3 atom stereocenters. The number of nitrogens with two attached hydrogens (primary N) is 1. The number of unbranched alkanes of at least 4 members (excludes halogenated alkanes) is 24. The summed E-state index contributed by atoms with van der Waals surface area (Å²) in [5, 5.41) is 13.6. The van der Waals surface area contributed by atoms with Gasteiger partial charge in [-0.05, 0) is 38.5 Å². The number of amides is 1. The number of allylic oxidation sites excluding steroid dienone is 5. The Balaban J connectivity index is 4.15. The van der Waals surface area contributed by atoms with E-state index in [0.29, 0.717) is 6.42 Å². The summed E-state index contributed by atoms with van der Waals surface area (Å²) in [5.74, 6) is -0.207. The Morgan fingerprint density at radius 2 is 1.02 bits per heavy atom. The third-order valence-electron chi connectivity index (χ3n) is 9.45. The zero-order valence-electron chi connectivity index (χ0n) is 33.8. The van der Waals surface area contributed by atoms with Crippen LogP contribution in [0.25, 0.3) is 0 Å². The SMILES string of the molecule is CCCC/C=C/CC/C=C/CC/C=C/C(O)C(COP(=O)(O)OCCN)NC(=O)CCCCCCCCCCCCCCCCCCCCCCC. The molecule has 0 radical (unpaired) electrons. The van der Waals surface area contributed by atoms with Gasteiger partial charge in [0, 0.05) is 13.0 Å². The highest BCUT2D eigenvalue weighted by atomic mass is 31.2. The Labute approximate surface area is 320 Å². The van der Waals surface area contributed by atoms with Crippen molar-refractivity contribution in [2.24, 2.45) is 5.73 Å². The number of rotatable bonds is 40. The van der Waals surface area contributed by atoms with Gasteiger partial charge in [-0.2, -0.15) is 0 Å². The second kappa shape index (κ2) is 39.4. The predicted octanol–water partition coefficient (Wildman–Crippen LogP) is 11.9. The molecule has 0 rings (SSSR count). The third kappa shape index (κ3) is 37.1. The first-order valence-electron chi connectivity index (χ1n) is 21.6. The van der Waals surface area contributed by atoms with E-state index in [-0.39, 0.29) is 25.7 Å². The molecule has 0 aromatic heterocycles. The zero-order valence-corrected chi connectivity index (χ0v) is 34.7. The lowest BCUT2D eigenvalue weighted by Gasteiger charge is -2.23. The maximum absolute atomic E-state index is 12.7. The predicted molar refractivity (Wildman–Crippen MR) is 221 cm³/mol. The molecule has 52 heavy (non-hydrogen) atoms. The molecule has 0 aromatic rings. The fourth-order valence-corrected chi connectivity index (χ4v) is 6.91. The summed E-state index contributed by atoms with van der Waals surface area (Å²) < 4.78 is 22.1. The van der Waals surface area contributed by atoms with Crippen molar-refractivity contribution in [3.8, 4) is 0 Å². The maximum atomic E-state index is 12.7. The van der Waals surface area contributed by atoms with Crippen molar-refractivity contribution in [1.29, 1.82) is 0 Å². The summed E-state index contributed by atoms with van der Waals surface area (Å²) in [6, 6.07) is -0.879. The molecule has 0 fully saturated rings. The smallest absolute Gasteiger partial charge is 0.387 e. The van der Waals surface area contributed by atoms with Gasteiger partial charge in [-0.3, -0.25) is 13.8 Å². The third-order valence-corrected chi connectivity index (χ3v) is 10.4. The average molecular weight is 755 g/mol. The van der Waals surface area contributed by atoms with E-state index in [1.165, 1.54) is 128 Å². The number of aliphatic hydroxyl groups is 1. The standard InChI is InChI=1S/C43H83N2O6P/c1-3-5-7-9-11-13-15-17-18-19-20-21-22-23-24-25-27-29-31-33-35-37-43(47)45-41(40-51-52(48,49)50-39-38-44)42(46)36-34-32-30-28-26-16-14-12-10-8-6-4-2/h10,12,26,28,34,36,41-42,46H,3-9,11,13-25,27,29-33,35,37-40,44H2,1-2H3,(H,45,47)(H,48,49)/b12-10+,28-26+,36-34+. The summed E-state index contributed by atoms with van der Waals surface area (Å²) in [4.78, 5) is 22.7. The summed E-state index contributed by atoms with van der Waals surface area (Å²) in [6.07, 6.45) is 46.3. The molecule has 0 saturated heterocycles. The number of nitrogens with one attached hydrogen (secondary N) is 1. The van der Waals surface area contributed by atoms with Crippen LogP contribution < -0.4 is 11.1 Å². The van der Waals surface area contributed by atoms with E-state index in [4.69, 9.17) is 14.8 Å². The molecule has 306 valence electrons. The Kier molecular flexibility index (Phi) is 38.4. The lowest BCUT2D eigenvalue weighted by molar-refractivity contribution is -0.123. The fraction of sp³-hybridized carbons (Fsp3) is 0.837. The van der Waals surface area contributed by atoms with Gasteiger partial charge >= 0.3 is 7.82 Å². The second-order valence-electron chi connectivity index (χ2n) is 14.5. The van der Waals surface area contributed by atoms with Gasteiger partial charge in [0.15, 0.2) is 0 Å². The van der Waals surface area contributed by atoms with E-state index in [2.05, 4.69) is 43.5 Å². The number of phosphoric ester groups is 1. The highest BCUT2D eigenvalue weighted by Crippen LogP contribution is 2.43. The minimum Gasteiger partial charge on any atom is -0.387 e. The second-order valence-corrected chi connectivity index (χ2v) is 16.0. The highest BCUT2D eigenvalue weighted by molar-refractivity contribution is 7.47. The molecule has 9 heteroatoms. The molecular weight excluding hydrogens is 671 g/mol. The molecule has 1 amide bonds. The lowest BCUT2D eigenvalue weighted by atomic mass is 10.0. The molecular formula is C43H83N2O6P. The van der Waals surface area contributed by atoms with E-state index < -0.39 is 20.0 Å². The van der Waals surface area contributed by atoms with Crippen molar-refractivity contribution in [2.45, 2.75) is 212 Å². The summed E-state index contributed by atoms with van der Waals surface area (Å²) in [5.41, 5.74) is 5.36. The van der Waals surface area contributed by atoms with E-state index in [1.54, 1.807) is 6.08 Å². The van der Waals surface area contributed by atoms with E-state index in [0.717, 1.165) is 51.4 Å². The molecule has 0 saturated carbocycles. The molecule has 5 N–H and O–H groups in total. The molecule has 3 unspecified atom stereocenters. The summed E-state index contributed by atoms with van der Waals surface area (Å²) in [6.45, 7) is 4.06. The van der Waals surface area contributed by atoms with Gasteiger partial charge in [0.05, 0.1) is 25.4 Å². The molecule has 8 nitrogen and oxygen atoms in total. The van der Waals surface area contributed by atoms with Gasteiger partial charge in [-0.15, -0.1) is 0 Å². The van der Waals surface area contributed by atoms with Crippen molar-refractivity contribution in [2.75, 3.05) is 19.8 Å². The van der Waals surface area contributed by atoms with Crippen LogP contribution in [0.5, 0.6) is 0 Å². The van der Waals surface area contributed by atoms with Crippen LogP contribution in [0, 0.1) is 0 Å². The monoisotopic (exact) mass is 755 g/mol. The number of phosphoric acid groups is 1. The fourth-order valence-electron chi connectivity index (χ4n) is 6.15. The quantitative estimate of drug-likeness (QED) is 0.0278. The van der Waals surface area contributed by atoms with Crippen LogP contribution in [0.3, 0.4) is 0 Å². The molecule has 0 spiro atoms. The van der Waals surface area contributed by atoms with Crippen LogP contribution in [0.15, 0.2) is 36.5 Å². The van der Waals surface area contributed by atoms with Crippen LogP contribution in [-0.2, 0) is 18.4 Å². The topological polar surface area (TPSA) is 131 Å². The van der Waals surface area contributed by atoms with Gasteiger partial charge < -0.3 is 21.1 Å². The number of hydrogen-bond donors (Lipinski definition) is 4. The number of hydrogen-bond acceptors (Lipinski definition) is 6. The van der Waals surface area contributed by atoms with Gasteiger partial charge in [0.2, 0.25) is 5.91 Å². The minimum absolute atomic E-state index is 0.0725. The summed E-state index contributed by atoms with van der Waals surface area (Å²) in [7, 11) is -4.34. The van der Waals surface area contributed by atoms with E-state index in [9.17, 15) is 19.4 Å². The van der Waals surface area contributed by atoms with Gasteiger partial charge in [-0.1, -0.05) is 192 Å². The van der Waals surface area contributed by atoms with Crippen molar-refractivity contribution < 1.29 is 28.4 Å². The Bertz CT molecular complexity index is 912. The van der Waals surface area contributed by atoms with Crippen molar-refractivity contribution in [1.82, 2.24) is 5.32 Å². The lowest BCUT2D eigenvalue weighted by Crippen LogP contribution is -2.45. The largest absolute Gasteiger partial charge is 0.472 e. The Morgan fingerprint density at radius 3 is 1.46 bits per heavy atom. The number of carbonyl (C=O) groups is 1. The molecule has 0 aliphatic rings. The first kappa shape index (κ1) is 50.7. The highest BCUT2D eigenvalue weighted by Gasteiger charge is 2.26. The first-order valence-corrected chi connectivity index (χ1v) is 23.1. The molecule has 0 bridgehead atoms. The van der Waals surface area contributed by atoms with Gasteiger partial charge in [-0.25, -0.2) is 4.57 Å². The molecule has 0 aliphatic carbocycles. The Hall–Kier alpha value is -1.28. The average Bonchev–Trinajstić information content (AvgIpc) is 3.13. The van der Waals surface area contributed by atoms with Crippen molar-refractivity contribution >= 4 is 13.7 Å². The maximum Gasteiger partial charge on any atom is 0.472 e. The van der Waals surface area contributed by atoms with E-state index in [1.807, 2.05) is 6.08 Å². The first-order chi connectivity index (χ1) is 25.4. The van der Waals surface area contributed by atoms with Gasteiger partial charge in [0.25, 0.3) is 0 Å². The van der Waals surface area contributed by atoms with Crippen LogP contribution >= 0.6 is 7.82 Å². The van der Waals surface area contributed by atoms with Crippen molar-refractivity contribution in [3.63, 3.8) is 0 Å². The van der Waals surface area contributed by atoms with Crippen LogP contribution in [-0.4, -0.2) is 47.8 Å². The molecule has 0 aliphatic heterocycles. The normalized spacial score (nSPS) is 14.5. The number of carbonyl (C=O) groups excluding carboxylic acids is 1. The van der Waals surface area contributed by atoms with Crippen LogP contribution in [0.1, 0.15) is 200 Å². The van der Waals surface area contributed by atoms with Crippen LogP contribution in [0.4, 0.5) is 0 Å². The van der Waals surface area contributed by atoms with Gasteiger partial charge in [0.1, 0.15) is 0 Å². The van der Waals surface area contributed by atoms with E-state index >= 15 is 0 Å². The molecule has 0 aromatic carbocycles. The minimum atomic E-state index is -4.34. The number of aliphatic hydroxyl groups excluding tert-OH is 1. The van der Waals surface area contributed by atoms with Crippen LogP contribution in [0.2, 0.25) is 0 Å².